The number of aryl methyl sites for hydroxylation is 1. The molecule has 22 heavy (non-hydrogen) atoms. The Kier molecular flexibility index (Phi) is 5.08. The number of carbonyl (C=O) groups excluding carboxylic acids is 1. The second-order valence-corrected chi connectivity index (χ2v) is 4.65. The van der Waals surface area contributed by atoms with Crippen LogP contribution in [0.1, 0.15) is 34.5 Å². The van der Waals surface area contributed by atoms with Gasteiger partial charge in [0, 0.05) is 6.42 Å². The van der Waals surface area contributed by atoms with Crippen LogP contribution in [0.15, 0.2) is 52.2 Å². The van der Waals surface area contributed by atoms with E-state index in [1.165, 1.54) is 6.26 Å². The smallest absolute Gasteiger partial charge is 0.303 e. The molecule has 2 N–H and O–H groups in total. The quantitative estimate of drug-likeness (QED) is 0.633. The number of hydrogen-bond acceptors (Lipinski definition) is 4. The number of hydrazone groups is 1. The first-order valence-electron chi connectivity index (χ1n) is 6.76. The van der Waals surface area contributed by atoms with Gasteiger partial charge in [-0.1, -0.05) is 30.3 Å². The zero-order chi connectivity index (χ0) is 15.9. The fourth-order valence-corrected chi connectivity index (χ4v) is 1.92. The minimum Gasteiger partial charge on any atom is -0.481 e. The summed E-state index contributed by atoms with van der Waals surface area (Å²) in [7, 11) is 0. The third kappa shape index (κ3) is 4.05. The maximum Gasteiger partial charge on any atom is 0.303 e. The number of furan rings is 1. The lowest BCUT2D eigenvalue weighted by Crippen LogP contribution is -2.20. The van der Waals surface area contributed by atoms with Crippen molar-refractivity contribution in [3.05, 3.63) is 59.5 Å². The number of nitrogens with one attached hydrogen (secondary N) is 1. The number of carbonyl (C=O) groups is 2. The number of amides is 1. The first kappa shape index (κ1) is 15.5. The van der Waals surface area contributed by atoms with Crippen LogP contribution in [0.3, 0.4) is 0 Å². The third-order valence-corrected chi connectivity index (χ3v) is 3.08. The summed E-state index contributed by atoms with van der Waals surface area (Å²) in [6.07, 6.45) is 1.59. The topological polar surface area (TPSA) is 91.9 Å². The summed E-state index contributed by atoms with van der Waals surface area (Å²) in [6, 6.07) is 10.7. The molecular weight excluding hydrogens is 284 g/mol. The number of rotatable bonds is 6. The highest BCUT2D eigenvalue weighted by molar-refractivity contribution is 6.03. The van der Waals surface area contributed by atoms with Gasteiger partial charge >= 0.3 is 5.97 Å². The summed E-state index contributed by atoms with van der Waals surface area (Å²) in [5, 5.41) is 12.9. The Labute approximate surface area is 127 Å². The fraction of sp³-hybridized carbons (Fsp3) is 0.188. The lowest BCUT2D eigenvalue weighted by molar-refractivity contribution is -0.136. The number of hydrogen-bond donors (Lipinski definition) is 2. The molecule has 2 aromatic rings. The molecule has 0 atom stereocenters. The molecule has 0 saturated carbocycles. The van der Waals surface area contributed by atoms with Crippen molar-refractivity contribution in [2.45, 2.75) is 19.8 Å². The second kappa shape index (κ2) is 7.21. The molecule has 0 aliphatic rings. The zero-order valence-corrected chi connectivity index (χ0v) is 12.1. The van der Waals surface area contributed by atoms with Crippen molar-refractivity contribution in [1.29, 1.82) is 0 Å². The van der Waals surface area contributed by atoms with Crippen LogP contribution in [0, 0.1) is 6.92 Å². The maximum atomic E-state index is 12.0. The minimum absolute atomic E-state index is 0.0612. The molecule has 0 aliphatic carbocycles. The summed E-state index contributed by atoms with van der Waals surface area (Å²) in [5.41, 5.74) is 4.12. The normalized spacial score (nSPS) is 11.2. The highest BCUT2D eigenvalue weighted by Crippen LogP contribution is 2.09. The van der Waals surface area contributed by atoms with Gasteiger partial charge in [0.2, 0.25) is 0 Å². The predicted octanol–water partition coefficient (Wildman–Crippen LogP) is 2.59. The minimum atomic E-state index is -0.916. The Balaban J connectivity index is 2.16. The lowest BCUT2D eigenvalue weighted by atomic mass is 10.1. The van der Waals surface area contributed by atoms with Gasteiger partial charge in [0.1, 0.15) is 5.76 Å². The number of carboxylic acids is 1. The van der Waals surface area contributed by atoms with Crippen molar-refractivity contribution in [2.24, 2.45) is 5.10 Å². The first-order valence-corrected chi connectivity index (χ1v) is 6.76. The van der Waals surface area contributed by atoms with Gasteiger partial charge in [0.05, 0.1) is 24.0 Å². The predicted molar refractivity (Wildman–Crippen MR) is 80.8 cm³/mol. The summed E-state index contributed by atoms with van der Waals surface area (Å²) >= 11 is 0. The van der Waals surface area contributed by atoms with Gasteiger partial charge in [-0.05, 0) is 18.6 Å². The molecular formula is C16H16N2O4. The molecule has 6 nitrogen and oxygen atoms in total. The highest BCUT2D eigenvalue weighted by atomic mass is 16.4. The van der Waals surface area contributed by atoms with E-state index in [0.717, 1.165) is 5.56 Å². The molecule has 2 rings (SSSR count). The molecule has 1 aromatic carbocycles. The van der Waals surface area contributed by atoms with Crippen LogP contribution in [-0.2, 0) is 4.79 Å². The van der Waals surface area contributed by atoms with Crippen LogP contribution >= 0.6 is 0 Å². The van der Waals surface area contributed by atoms with E-state index in [4.69, 9.17) is 9.52 Å². The van der Waals surface area contributed by atoms with Gasteiger partial charge in [-0.2, -0.15) is 5.10 Å². The lowest BCUT2D eigenvalue weighted by Gasteiger charge is -2.06. The van der Waals surface area contributed by atoms with E-state index in [1.807, 2.05) is 30.3 Å². The van der Waals surface area contributed by atoms with Gasteiger partial charge in [-0.25, -0.2) is 5.43 Å². The standard InChI is InChI=1S/C16H16N2O4/c1-11-13(9-10-22-11)16(21)18-17-14(7-8-15(19)20)12-5-3-2-4-6-12/h2-6,9-10H,7-8H2,1H3,(H,18,21)(H,19,20)/b17-14-. The van der Waals surface area contributed by atoms with Gasteiger partial charge in [-0.15, -0.1) is 0 Å². The summed E-state index contributed by atoms with van der Waals surface area (Å²) in [4.78, 5) is 22.8. The van der Waals surface area contributed by atoms with E-state index < -0.39 is 11.9 Å². The van der Waals surface area contributed by atoms with Crippen LogP contribution < -0.4 is 5.43 Å². The van der Waals surface area contributed by atoms with E-state index in [0.29, 0.717) is 17.0 Å². The van der Waals surface area contributed by atoms with Crippen LogP contribution in [0.5, 0.6) is 0 Å². The highest BCUT2D eigenvalue weighted by Gasteiger charge is 2.12. The summed E-state index contributed by atoms with van der Waals surface area (Å²) in [6.45, 7) is 1.68. The SMILES string of the molecule is Cc1occc1C(=O)N/N=C(/CCC(=O)O)c1ccccc1. The summed E-state index contributed by atoms with van der Waals surface area (Å²) < 4.78 is 5.07. The van der Waals surface area contributed by atoms with Crippen LogP contribution in [0.25, 0.3) is 0 Å². The number of nitrogens with zero attached hydrogens (tertiary/aromatic N) is 1. The number of benzene rings is 1. The molecule has 1 heterocycles. The molecule has 0 saturated heterocycles. The molecule has 0 fully saturated rings. The Morgan fingerprint density at radius 2 is 1.91 bits per heavy atom. The molecule has 0 radical (unpaired) electrons. The molecule has 6 heteroatoms. The monoisotopic (exact) mass is 300 g/mol. The number of aliphatic carboxylic acids is 1. The third-order valence-electron chi connectivity index (χ3n) is 3.08. The fourth-order valence-electron chi connectivity index (χ4n) is 1.92. The van der Waals surface area contributed by atoms with Crippen molar-refractivity contribution < 1.29 is 19.1 Å². The van der Waals surface area contributed by atoms with E-state index in [9.17, 15) is 9.59 Å². The maximum absolute atomic E-state index is 12.0. The molecule has 0 bridgehead atoms. The Hall–Kier alpha value is -2.89. The van der Waals surface area contributed by atoms with E-state index in [-0.39, 0.29) is 12.8 Å². The average Bonchev–Trinajstić information content (AvgIpc) is 2.94. The van der Waals surface area contributed by atoms with Crippen LogP contribution in [0.2, 0.25) is 0 Å². The second-order valence-electron chi connectivity index (χ2n) is 4.65. The van der Waals surface area contributed by atoms with Gasteiger partial charge in [-0.3, -0.25) is 9.59 Å². The van der Waals surface area contributed by atoms with Gasteiger partial charge in [0.25, 0.3) is 5.91 Å². The Bertz CT molecular complexity index is 689. The van der Waals surface area contributed by atoms with Crippen molar-refractivity contribution in [3.63, 3.8) is 0 Å². The molecule has 0 unspecified atom stereocenters. The van der Waals surface area contributed by atoms with Gasteiger partial charge in [0.15, 0.2) is 0 Å². The molecule has 1 aromatic heterocycles. The van der Waals surface area contributed by atoms with Crippen molar-refractivity contribution >= 4 is 17.6 Å². The van der Waals surface area contributed by atoms with Crippen LogP contribution in [-0.4, -0.2) is 22.7 Å². The van der Waals surface area contributed by atoms with E-state index >= 15 is 0 Å². The van der Waals surface area contributed by atoms with Crippen molar-refractivity contribution in [3.8, 4) is 0 Å². The first-order chi connectivity index (χ1) is 10.6. The molecule has 1 amide bonds. The molecule has 114 valence electrons. The average molecular weight is 300 g/mol. The summed E-state index contributed by atoms with van der Waals surface area (Å²) in [5.74, 6) is -0.810. The van der Waals surface area contributed by atoms with Crippen molar-refractivity contribution in [1.82, 2.24) is 5.43 Å². The number of carboxylic acid groups (broad SMARTS) is 1. The van der Waals surface area contributed by atoms with E-state index in [2.05, 4.69) is 10.5 Å². The van der Waals surface area contributed by atoms with E-state index in [1.54, 1.807) is 13.0 Å². The Morgan fingerprint density at radius 1 is 1.18 bits per heavy atom. The van der Waals surface area contributed by atoms with Crippen LogP contribution in [0.4, 0.5) is 0 Å². The molecule has 0 aliphatic heterocycles. The molecule has 0 spiro atoms. The van der Waals surface area contributed by atoms with Gasteiger partial charge < -0.3 is 9.52 Å². The Morgan fingerprint density at radius 3 is 2.50 bits per heavy atom. The zero-order valence-electron chi connectivity index (χ0n) is 12.1. The largest absolute Gasteiger partial charge is 0.481 e. The van der Waals surface area contributed by atoms with Crippen molar-refractivity contribution in [2.75, 3.05) is 0 Å².